The van der Waals surface area contributed by atoms with Gasteiger partial charge in [-0.2, -0.15) is 0 Å². The SMILES string of the molecule is Nc1cnc(C(=O)NCCc2nc3cccc(Cl)c3c(=O)n2-c2ccccc2)cn1. The van der Waals surface area contributed by atoms with Crippen LogP contribution in [0.4, 0.5) is 5.82 Å². The maximum atomic E-state index is 13.2. The van der Waals surface area contributed by atoms with E-state index in [2.05, 4.69) is 20.3 Å². The van der Waals surface area contributed by atoms with Crippen LogP contribution in [0.3, 0.4) is 0 Å². The summed E-state index contributed by atoms with van der Waals surface area (Å²) < 4.78 is 1.52. The van der Waals surface area contributed by atoms with Crippen LogP contribution in [0.2, 0.25) is 5.02 Å². The summed E-state index contributed by atoms with van der Waals surface area (Å²) in [6, 6.07) is 14.3. The van der Waals surface area contributed by atoms with Gasteiger partial charge in [-0.3, -0.25) is 14.2 Å². The molecule has 0 unspecified atom stereocenters. The molecule has 0 aliphatic rings. The lowest BCUT2D eigenvalue weighted by Crippen LogP contribution is -2.30. The number of anilines is 1. The largest absolute Gasteiger partial charge is 0.382 e. The van der Waals surface area contributed by atoms with Gasteiger partial charge in [0, 0.05) is 13.0 Å². The number of amides is 1. The Morgan fingerprint density at radius 3 is 2.60 bits per heavy atom. The van der Waals surface area contributed by atoms with Crippen molar-refractivity contribution in [1.29, 1.82) is 0 Å². The van der Waals surface area contributed by atoms with Gasteiger partial charge < -0.3 is 11.1 Å². The molecule has 0 radical (unpaired) electrons. The molecule has 0 aliphatic carbocycles. The summed E-state index contributed by atoms with van der Waals surface area (Å²) in [5.74, 6) is 0.349. The first-order chi connectivity index (χ1) is 14.5. The minimum atomic E-state index is -0.389. The summed E-state index contributed by atoms with van der Waals surface area (Å²) in [7, 11) is 0. The Morgan fingerprint density at radius 2 is 1.87 bits per heavy atom. The Hall–Kier alpha value is -3.78. The molecule has 8 nitrogen and oxygen atoms in total. The zero-order valence-corrected chi connectivity index (χ0v) is 16.5. The van der Waals surface area contributed by atoms with Gasteiger partial charge in [0.1, 0.15) is 17.3 Å². The molecule has 0 fully saturated rings. The van der Waals surface area contributed by atoms with Crippen LogP contribution in [-0.4, -0.2) is 32.0 Å². The van der Waals surface area contributed by atoms with Crippen molar-refractivity contribution in [2.24, 2.45) is 0 Å². The third-order valence-corrected chi connectivity index (χ3v) is 4.78. The van der Waals surface area contributed by atoms with Crippen LogP contribution in [0, 0.1) is 0 Å². The highest BCUT2D eigenvalue weighted by Crippen LogP contribution is 2.20. The van der Waals surface area contributed by atoms with Crippen molar-refractivity contribution < 1.29 is 4.79 Å². The van der Waals surface area contributed by atoms with Gasteiger partial charge in [-0.1, -0.05) is 35.9 Å². The number of para-hydroxylation sites is 1. The fourth-order valence-corrected chi connectivity index (χ4v) is 3.33. The molecule has 0 atom stereocenters. The quantitative estimate of drug-likeness (QED) is 0.512. The molecule has 0 saturated carbocycles. The zero-order chi connectivity index (χ0) is 21.1. The Kier molecular flexibility index (Phi) is 5.40. The van der Waals surface area contributed by atoms with Gasteiger partial charge in [-0.15, -0.1) is 0 Å². The molecular weight excluding hydrogens is 404 g/mol. The molecule has 3 N–H and O–H groups in total. The number of nitrogens with zero attached hydrogens (tertiary/aromatic N) is 4. The number of aromatic nitrogens is 4. The first kappa shape index (κ1) is 19.5. The Labute approximate surface area is 176 Å². The van der Waals surface area contributed by atoms with Crippen LogP contribution >= 0.6 is 11.6 Å². The van der Waals surface area contributed by atoms with Crippen molar-refractivity contribution in [2.45, 2.75) is 6.42 Å². The number of nitrogens with two attached hydrogens (primary N) is 1. The molecule has 2 heterocycles. The zero-order valence-electron chi connectivity index (χ0n) is 15.7. The molecule has 0 spiro atoms. The molecule has 0 aliphatic heterocycles. The van der Waals surface area contributed by atoms with Gasteiger partial charge in [0.05, 0.1) is 34.0 Å². The average molecular weight is 421 g/mol. The molecule has 150 valence electrons. The number of fused-ring (bicyclic) bond motifs is 1. The maximum Gasteiger partial charge on any atom is 0.271 e. The third kappa shape index (κ3) is 3.85. The monoisotopic (exact) mass is 420 g/mol. The van der Waals surface area contributed by atoms with Gasteiger partial charge >= 0.3 is 0 Å². The molecular formula is C21H17ClN6O2. The number of nitrogens with one attached hydrogen (secondary N) is 1. The van der Waals surface area contributed by atoms with Crippen molar-refractivity contribution in [2.75, 3.05) is 12.3 Å². The van der Waals surface area contributed by atoms with E-state index in [9.17, 15) is 9.59 Å². The summed E-state index contributed by atoms with van der Waals surface area (Å²) in [6.45, 7) is 0.246. The molecule has 2 aromatic heterocycles. The van der Waals surface area contributed by atoms with Gasteiger partial charge in [-0.25, -0.2) is 15.0 Å². The van der Waals surface area contributed by atoms with Crippen LogP contribution in [-0.2, 0) is 6.42 Å². The van der Waals surface area contributed by atoms with E-state index in [4.69, 9.17) is 17.3 Å². The minimum absolute atomic E-state index is 0.155. The van der Waals surface area contributed by atoms with E-state index in [1.807, 2.05) is 30.3 Å². The van der Waals surface area contributed by atoms with Crippen molar-refractivity contribution in [3.63, 3.8) is 0 Å². The topological polar surface area (TPSA) is 116 Å². The van der Waals surface area contributed by atoms with Crippen molar-refractivity contribution in [3.05, 3.63) is 87.8 Å². The highest BCUT2D eigenvalue weighted by atomic mass is 35.5. The fraction of sp³-hybridized carbons (Fsp3) is 0.0952. The molecule has 4 aromatic rings. The average Bonchev–Trinajstić information content (AvgIpc) is 2.75. The predicted octanol–water partition coefficient (Wildman–Crippen LogP) is 2.38. The van der Waals surface area contributed by atoms with E-state index in [-0.39, 0.29) is 29.5 Å². The summed E-state index contributed by atoms with van der Waals surface area (Å²) in [5, 5.41) is 3.46. The lowest BCUT2D eigenvalue weighted by molar-refractivity contribution is 0.0948. The molecule has 9 heteroatoms. The Balaban J connectivity index is 1.67. The minimum Gasteiger partial charge on any atom is -0.382 e. The Bertz CT molecular complexity index is 1270. The predicted molar refractivity (Wildman–Crippen MR) is 115 cm³/mol. The van der Waals surface area contributed by atoms with E-state index < -0.39 is 0 Å². The molecule has 2 aromatic carbocycles. The number of hydrogen-bond acceptors (Lipinski definition) is 6. The maximum absolute atomic E-state index is 13.2. The summed E-state index contributed by atoms with van der Waals surface area (Å²) in [5.41, 5.74) is 6.56. The van der Waals surface area contributed by atoms with Crippen LogP contribution in [0.1, 0.15) is 16.3 Å². The second kappa shape index (κ2) is 8.30. The van der Waals surface area contributed by atoms with Crippen molar-refractivity contribution in [1.82, 2.24) is 24.8 Å². The number of rotatable bonds is 5. The van der Waals surface area contributed by atoms with E-state index in [1.54, 1.807) is 18.2 Å². The standard InChI is InChI=1S/C21H17ClN6O2/c22-14-7-4-8-15-19(14)21(30)28(13-5-2-1-3-6-13)18(27-15)9-10-24-20(29)16-11-26-17(23)12-25-16/h1-8,11-12H,9-10H2,(H2,23,26)(H,24,29). The first-order valence-electron chi connectivity index (χ1n) is 9.16. The molecule has 4 rings (SSSR count). The van der Waals surface area contributed by atoms with E-state index in [0.29, 0.717) is 33.9 Å². The number of nitrogen functional groups attached to an aromatic ring is 1. The van der Waals surface area contributed by atoms with Gasteiger partial charge in [0.2, 0.25) is 0 Å². The number of carbonyl (C=O) groups excluding carboxylic acids is 1. The molecule has 30 heavy (non-hydrogen) atoms. The van der Waals surface area contributed by atoms with E-state index >= 15 is 0 Å². The smallest absolute Gasteiger partial charge is 0.271 e. The summed E-state index contributed by atoms with van der Waals surface area (Å²) in [4.78, 5) is 38.0. The van der Waals surface area contributed by atoms with Crippen LogP contribution in [0.15, 0.2) is 65.7 Å². The van der Waals surface area contributed by atoms with E-state index in [0.717, 1.165) is 0 Å². The summed E-state index contributed by atoms with van der Waals surface area (Å²) in [6.07, 6.45) is 2.94. The summed E-state index contributed by atoms with van der Waals surface area (Å²) >= 11 is 6.27. The second-order valence-electron chi connectivity index (χ2n) is 6.47. The van der Waals surface area contributed by atoms with Crippen LogP contribution in [0.5, 0.6) is 0 Å². The molecule has 0 bridgehead atoms. The second-order valence-corrected chi connectivity index (χ2v) is 6.88. The fourth-order valence-electron chi connectivity index (χ4n) is 3.08. The van der Waals surface area contributed by atoms with Crippen LogP contribution < -0.4 is 16.6 Å². The van der Waals surface area contributed by atoms with Crippen molar-refractivity contribution >= 4 is 34.2 Å². The molecule has 1 amide bonds. The van der Waals surface area contributed by atoms with Gasteiger partial charge in [0.15, 0.2) is 0 Å². The third-order valence-electron chi connectivity index (χ3n) is 4.47. The van der Waals surface area contributed by atoms with Crippen LogP contribution in [0.25, 0.3) is 16.6 Å². The normalized spacial score (nSPS) is 10.8. The molecule has 0 saturated heterocycles. The number of halogens is 1. The number of hydrogen-bond donors (Lipinski definition) is 2. The highest BCUT2D eigenvalue weighted by molar-refractivity contribution is 6.35. The number of benzene rings is 2. The number of carbonyl (C=O) groups is 1. The Morgan fingerprint density at radius 1 is 1.07 bits per heavy atom. The van der Waals surface area contributed by atoms with Gasteiger partial charge in [-0.05, 0) is 24.3 Å². The first-order valence-corrected chi connectivity index (χ1v) is 9.53. The van der Waals surface area contributed by atoms with E-state index in [1.165, 1.54) is 17.0 Å². The van der Waals surface area contributed by atoms with Crippen molar-refractivity contribution in [3.8, 4) is 5.69 Å². The van der Waals surface area contributed by atoms with Gasteiger partial charge in [0.25, 0.3) is 11.5 Å². The lowest BCUT2D eigenvalue weighted by atomic mass is 10.2. The lowest BCUT2D eigenvalue weighted by Gasteiger charge is -2.14. The highest BCUT2D eigenvalue weighted by Gasteiger charge is 2.15.